The fraction of sp³-hybridized carbons (Fsp3) is 0.500. The molecule has 0 heterocycles. The van der Waals surface area contributed by atoms with Crippen molar-refractivity contribution in [1.82, 2.24) is 0 Å². The average molecular weight is 250 g/mol. The lowest BCUT2D eigenvalue weighted by molar-refractivity contribution is 0.0697. The van der Waals surface area contributed by atoms with E-state index in [4.69, 9.17) is 10.8 Å². The highest BCUT2D eigenvalue weighted by Crippen LogP contribution is 2.29. The van der Waals surface area contributed by atoms with Crippen LogP contribution >= 0.6 is 0 Å². The number of aromatic carboxylic acids is 1. The van der Waals surface area contributed by atoms with Gasteiger partial charge in [0.25, 0.3) is 0 Å². The third kappa shape index (κ3) is 2.94. The highest BCUT2D eigenvalue weighted by Gasteiger charge is 2.24. The van der Waals surface area contributed by atoms with Crippen molar-refractivity contribution in [3.05, 3.63) is 23.8 Å². The minimum atomic E-state index is -0.957. The largest absolute Gasteiger partial charge is 0.478 e. The monoisotopic (exact) mass is 250 g/mol. The van der Waals surface area contributed by atoms with E-state index in [9.17, 15) is 4.79 Å². The smallest absolute Gasteiger partial charge is 0.335 e. The second-order valence-electron chi connectivity index (χ2n) is 4.57. The van der Waals surface area contributed by atoms with Crippen molar-refractivity contribution in [2.75, 3.05) is 11.1 Å². The fourth-order valence-electron chi connectivity index (χ4n) is 2.11. The number of nitrogens with two attached hydrogens (primary N) is 1. The molecule has 0 saturated carbocycles. The molecule has 0 saturated heterocycles. The van der Waals surface area contributed by atoms with Gasteiger partial charge >= 0.3 is 5.97 Å². The Morgan fingerprint density at radius 2 is 1.83 bits per heavy atom. The molecule has 4 heteroatoms. The lowest BCUT2D eigenvalue weighted by Crippen LogP contribution is -2.36. The third-order valence-corrected chi connectivity index (χ3v) is 3.73. The fourth-order valence-corrected chi connectivity index (χ4v) is 2.11. The molecule has 4 N–H and O–H groups in total. The first-order valence-corrected chi connectivity index (χ1v) is 6.39. The molecule has 0 aliphatic rings. The molecule has 1 aromatic carbocycles. The number of benzene rings is 1. The van der Waals surface area contributed by atoms with Crippen LogP contribution in [0.25, 0.3) is 0 Å². The Kier molecular flexibility index (Phi) is 4.59. The van der Waals surface area contributed by atoms with Gasteiger partial charge in [0.1, 0.15) is 0 Å². The molecule has 0 fully saturated rings. The SMILES string of the molecule is CCC(CC)(CC)Nc1ccc(C(=O)O)cc1N. The minimum Gasteiger partial charge on any atom is -0.478 e. The Hall–Kier alpha value is -1.71. The zero-order valence-corrected chi connectivity index (χ0v) is 11.3. The van der Waals surface area contributed by atoms with Crippen LogP contribution in [-0.2, 0) is 0 Å². The van der Waals surface area contributed by atoms with E-state index in [-0.39, 0.29) is 11.1 Å². The van der Waals surface area contributed by atoms with E-state index in [1.807, 2.05) is 0 Å². The predicted octanol–water partition coefficient (Wildman–Crippen LogP) is 3.35. The van der Waals surface area contributed by atoms with Crippen molar-refractivity contribution in [3.8, 4) is 0 Å². The van der Waals surface area contributed by atoms with Gasteiger partial charge < -0.3 is 16.2 Å². The van der Waals surface area contributed by atoms with Crippen LogP contribution in [0.2, 0.25) is 0 Å². The first-order chi connectivity index (χ1) is 8.48. The Labute approximate surface area is 108 Å². The minimum absolute atomic E-state index is 0.0266. The Balaban J connectivity index is 3.01. The van der Waals surface area contributed by atoms with E-state index < -0.39 is 5.97 Å². The number of carboxylic acids is 1. The molecule has 18 heavy (non-hydrogen) atoms. The number of rotatable bonds is 6. The van der Waals surface area contributed by atoms with Crippen LogP contribution in [0, 0.1) is 0 Å². The molecule has 0 spiro atoms. The number of nitrogens with one attached hydrogen (secondary N) is 1. The van der Waals surface area contributed by atoms with Gasteiger partial charge in [-0.3, -0.25) is 0 Å². The molecule has 0 radical (unpaired) electrons. The van der Waals surface area contributed by atoms with Gasteiger partial charge in [0.15, 0.2) is 0 Å². The molecule has 0 bridgehead atoms. The lowest BCUT2D eigenvalue weighted by atomic mass is 9.89. The van der Waals surface area contributed by atoms with Crippen LogP contribution in [0.5, 0.6) is 0 Å². The average Bonchev–Trinajstić information content (AvgIpc) is 2.38. The van der Waals surface area contributed by atoms with Crippen LogP contribution in [0.3, 0.4) is 0 Å². The first kappa shape index (κ1) is 14.4. The highest BCUT2D eigenvalue weighted by atomic mass is 16.4. The van der Waals surface area contributed by atoms with Gasteiger partial charge in [-0.25, -0.2) is 4.79 Å². The van der Waals surface area contributed by atoms with Crippen LogP contribution < -0.4 is 11.1 Å². The summed E-state index contributed by atoms with van der Waals surface area (Å²) < 4.78 is 0. The maximum Gasteiger partial charge on any atom is 0.335 e. The first-order valence-electron chi connectivity index (χ1n) is 6.39. The number of carboxylic acid groups (broad SMARTS) is 1. The Morgan fingerprint density at radius 3 is 2.22 bits per heavy atom. The van der Waals surface area contributed by atoms with Crippen molar-refractivity contribution in [3.63, 3.8) is 0 Å². The number of nitrogen functional groups attached to an aromatic ring is 1. The summed E-state index contributed by atoms with van der Waals surface area (Å²) in [4.78, 5) is 10.8. The Morgan fingerprint density at radius 1 is 1.28 bits per heavy atom. The van der Waals surface area contributed by atoms with Crippen molar-refractivity contribution in [2.24, 2.45) is 0 Å². The van der Waals surface area contributed by atoms with Crippen molar-refractivity contribution in [2.45, 2.75) is 45.6 Å². The van der Waals surface area contributed by atoms with Gasteiger partial charge in [-0.1, -0.05) is 20.8 Å². The summed E-state index contributed by atoms with van der Waals surface area (Å²) in [6.07, 6.45) is 3.00. The molecule has 0 unspecified atom stereocenters. The van der Waals surface area contributed by atoms with Crippen molar-refractivity contribution >= 4 is 17.3 Å². The molecular formula is C14H22N2O2. The lowest BCUT2D eigenvalue weighted by Gasteiger charge is -2.33. The molecule has 0 atom stereocenters. The molecule has 0 aliphatic carbocycles. The molecule has 4 nitrogen and oxygen atoms in total. The van der Waals surface area contributed by atoms with Crippen molar-refractivity contribution < 1.29 is 9.90 Å². The van der Waals surface area contributed by atoms with Gasteiger partial charge in [-0.15, -0.1) is 0 Å². The Bertz CT molecular complexity index is 418. The van der Waals surface area contributed by atoms with E-state index in [0.29, 0.717) is 5.69 Å². The summed E-state index contributed by atoms with van der Waals surface area (Å²) >= 11 is 0. The van der Waals surface area contributed by atoms with Gasteiger partial charge in [0, 0.05) is 5.54 Å². The number of anilines is 2. The number of hydrogen-bond donors (Lipinski definition) is 3. The normalized spacial score (nSPS) is 11.3. The van der Waals surface area contributed by atoms with Gasteiger partial charge in [0.2, 0.25) is 0 Å². The summed E-state index contributed by atoms with van der Waals surface area (Å²) in [5.41, 5.74) is 7.44. The summed E-state index contributed by atoms with van der Waals surface area (Å²) in [5.74, 6) is -0.957. The topological polar surface area (TPSA) is 75.3 Å². The van der Waals surface area contributed by atoms with Crippen LogP contribution in [-0.4, -0.2) is 16.6 Å². The zero-order chi connectivity index (χ0) is 13.8. The second kappa shape index (κ2) is 5.76. The second-order valence-corrected chi connectivity index (χ2v) is 4.57. The molecular weight excluding hydrogens is 228 g/mol. The van der Waals surface area contributed by atoms with E-state index in [1.165, 1.54) is 6.07 Å². The van der Waals surface area contributed by atoms with Crippen molar-refractivity contribution in [1.29, 1.82) is 0 Å². The van der Waals surface area contributed by atoms with Crippen LogP contribution in [0.15, 0.2) is 18.2 Å². The zero-order valence-electron chi connectivity index (χ0n) is 11.3. The summed E-state index contributed by atoms with van der Waals surface area (Å²) in [6.45, 7) is 6.42. The van der Waals surface area contributed by atoms with E-state index in [2.05, 4.69) is 26.1 Å². The standard InChI is InChI=1S/C14H22N2O2/c1-4-14(5-2,6-3)16-12-8-7-10(13(17)18)9-11(12)15/h7-9,16H,4-6,15H2,1-3H3,(H,17,18). The van der Waals surface area contributed by atoms with E-state index in [0.717, 1.165) is 24.9 Å². The van der Waals surface area contributed by atoms with Crippen LogP contribution in [0.4, 0.5) is 11.4 Å². The summed E-state index contributed by atoms with van der Waals surface area (Å²) in [7, 11) is 0. The summed E-state index contributed by atoms with van der Waals surface area (Å²) in [5, 5.41) is 12.4. The maximum atomic E-state index is 10.8. The van der Waals surface area contributed by atoms with E-state index in [1.54, 1.807) is 12.1 Å². The van der Waals surface area contributed by atoms with E-state index >= 15 is 0 Å². The number of hydrogen-bond acceptors (Lipinski definition) is 3. The highest BCUT2D eigenvalue weighted by molar-refractivity contribution is 5.90. The molecule has 1 rings (SSSR count). The molecule has 0 amide bonds. The quantitative estimate of drug-likeness (QED) is 0.677. The predicted molar refractivity (Wildman–Crippen MR) is 75.0 cm³/mol. The molecule has 0 aliphatic heterocycles. The van der Waals surface area contributed by atoms with Gasteiger partial charge in [-0.2, -0.15) is 0 Å². The molecule has 100 valence electrons. The van der Waals surface area contributed by atoms with Crippen LogP contribution in [0.1, 0.15) is 50.4 Å². The van der Waals surface area contributed by atoms with Gasteiger partial charge in [0.05, 0.1) is 16.9 Å². The molecule has 1 aromatic rings. The number of carbonyl (C=O) groups is 1. The third-order valence-electron chi connectivity index (χ3n) is 3.73. The van der Waals surface area contributed by atoms with Gasteiger partial charge in [-0.05, 0) is 37.5 Å². The maximum absolute atomic E-state index is 10.8. The molecule has 0 aromatic heterocycles. The summed E-state index contributed by atoms with van der Waals surface area (Å²) in [6, 6.07) is 4.82.